The van der Waals surface area contributed by atoms with Crippen LogP contribution in [0, 0.1) is 11.3 Å². The molecule has 126 valence electrons. The molecular formula is C16H33NO4. The molecule has 0 saturated carbocycles. The van der Waals surface area contributed by atoms with Crippen molar-refractivity contribution in [2.45, 2.75) is 70.6 Å². The molecule has 0 amide bonds. The fraction of sp³-hybridized carbons (Fsp3) is 0.938. The van der Waals surface area contributed by atoms with E-state index >= 15 is 0 Å². The van der Waals surface area contributed by atoms with Crippen LogP contribution < -0.4 is 0 Å². The Hall–Kier alpha value is -0.740. The Morgan fingerprint density at radius 2 is 1.05 bits per heavy atom. The maximum atomic E-state index is 8.91. The zero-order valence-electron chi connectivity index (χ0n) is 13.2. The van der Waals surface area contributed by atoms with Gasteiger partial charge < -0.3 is 15.3 Å². The predicted molar refractivity (Wildman–Crippen MR) is 83.9 cm³/mol. The second-order valence-corrected chi connectivity index (χ2v) is 5.38. The molecule has 0 spiro atoms. The molecule has 4 N–H and O–H groups in total. The minimum atomic E-state index is 0.0940. The van der Waals surface area contributed by atoms with E-state index < -0.39 is 0 Å². The van der Waals surface area contributed by atoms with Crippen molar-refractivity contribution < 1.29 is 20.1 Å². The first-order valence-electron chi connectivity index (χ1n) is 8.13. The van der Waals surface area contributed by atoms with E-state index in [2.05, 4.69) is 0 Å². The van der Waals surface area contributed by atoms with Gasteiger partial charge in [0.05, 0.1) is 0 Å². The van der Waals surface area contributed by atoms with Crippen LogP contribution in [0.2, 0.25) is 0 Å². The lowest BCUT2D eigenvalue weighted by molar-refractivity contribution is 0.141. The lowest BCUT2D eigenvalue weighted by Gasteiger charge is -2.09. The molecule has 5 heteroatoms. The summed E-state index contributed by atoms with van der Waals surface area (Å²) in [5.41, 5.74) is 0. The molecule has 0 atom stereocenters. The molecule has 0 aromatic carbocycles. The third kappa shape index (κ3) is 21.7. The number of hydrogen-bond donors (Lipinski definition) is 4. The van der Waals surface area contributed by atoms with Crippen LogP contribution in [0.1, 0.15) is 70.6 Å². The van der Waals surface area contributed by atoms with Crippen LogP contribution in [0.15, 0.2) is 0 Å². The van der Waals surface area contributed by atoms with Gasteiger partial charge in [-0.25, -0.2) is 10.2 Å². The van der Waals surface area contributed by atoms with Crippen molar-refractivity contribution in [3.05, 3.63) is 0 Å². The third-order valence-corrected chi connectivity index (χ3v) is 3.54. The molecule has 0 aromatic rings. The summed E-state index contributed by atoms with van der Waals surface area (Å²) in [5.74, 6) is 0.0940. The maximum absolute atomic E-state index is 8.91. The van der Waals surface area contributed by atoms with Gasteiger partial charge in [0.15, 0.2) is 0 Å². The fourth-order valence-corrected chi connectivity index (χ4v) is 2.20. The molecule has 0 unspecified atom stereocenters. The van der Waals surface area contributed by atoms with Gasteiger partial charge in [0, 0.05) is 25.7 Å². The van der Waals surface area contributed by atoms with Gasteiger partial charge in [0.1, 0.15) is 0 Å². The molecule has 0 aliphatic rings. The van der Waals surface area contributed by atoms with Crippen molar-refractivity contribution in [1.82, 2.24) is 0 Å². The van der Waals surface area contributed by atoms with Crippen LogP contribution in [0.3, 0.4) is 0 Å². The Bertz CT molecular complexity index is 214. The Balaban J connectivity index is 0. The van der Waals surface area contributed by atoms with Crippen molar-refractivity contribution in [2.24, 2.45) is 5.92 Å². The van der Waals surface area contributed by atoms with Crippen LogP contribution in [0.5, 0.6) is 0 Å². The third-order valence-electron chi connectivity index (χ3n) is 3.54. The molecule has 0 saturated heterocycles. The van der Waals surface area contributed by atoms with E-state index in [0.29, 0.717) is 6.61 Å². The minimum absolute atomic E-state index is 0.0940. The van der Waals surface area contributed by atoms with Crippen LogP contribution >= 0.6 is 0 Å². The summed E-state index contributed by atoms with van der Waals surface area (Å²) >= 11 is 0. The highest BCUT2D eigenvalue weighted by Crippen LogP contribution is 2.13. The predicted octanol–water partition coefficient (Wildman–Crippen LogP) is 2.77. The molecule has 21 heavy (non-hydrogen) atoms. The van der Waals surface area contributed by atoms with Crippen molar-refractivity contribution in [3.63, 3.8) is 0 Å². The van der Waals surface area contributed by atoms with Gasteiger partial charge in [0.2, 0.25) is 6.08 Å². The Morgan fingerprint density at radius 3 is 1.38 bits per heavy atom. The van der Waals surface area contributed by atoms with Crippen LogP contribution in [-0.4, -0.2) is 41.2 Å². The Kier molecular flexibility index (Phi) is 23.1. The highest BCUT2D eigenvalue weighted by molar-refractivity contribution is 5.26. The Labute approximate surface area is 128 Å². The smallest absolute Gasteiger partial charge is 0.231 e. The summed E-state index contributed by atoms with van der Waals surface area (Å²) in [4.78, 5) is 8.35. The van der Waals surface area contributed by atoms with E-state index in [1.54, 1.807) is 0 Å². The zero-order chi connectivity index (χ0) is 16.2. The van der Waals surface area contributed by atoms with Crippen LogP contribution in [0.25, 0.3) is 0 Å². The van der Waals surface area contributed by atoms with Gasteiger partial charge in [-0.2, -0.15) is 0 Å². The van der Waals surface area contributed by atoms with Gasteiger partial charge >= 0.3 is 0 Å². The minimum Gasteiger partial charge on any atom is -0.396 e. The van der Waals surface area contributed by atoms with Gasteiger partial charge in [-0.1, -0.05) is 57.8 Å². The number of hydrogen-bond acceptors (Lipinski definition) is 5. The number of carbonyl (C=O) groups excluding carboxylic acids is 1. The Morgan fingerprint density at radius 1 is 0.714 bits per heavy atom. The second-order valence-electron chi connectivity index (χ2n) is 5.38. The molecule has 0 aromatic heterocycles. The van der Waals surface area contributed by atoms with Crippen molar-refractivity contribution in [2.75, 3.05) is 19.8 Å². The number of nitrogens with one attached hydrogen (secondary N) is 1. The SMILES string of the molecule is N=C=O.OCCCCCCCCCCCCC(CO)CO. The molecule has 0 rings (SSSR count). The first kappa shape index (κ1) is 22.5. The lowest BCUT2D eigenvalue weighted by atomic mass is 10.0. The van der Waals surface area contributed by atoms with Crippen LogP contribution in [-0.2, 0) is 4.79 Å². The van der Waals surface area contributed by atoms with Crippen molar-refractivity contribution in [1.29, 1.82) is 5.41 Å². The molecular weight excluding hydrogens is 270 g/mol. The maximum Gasteiger partial charge on any atom is 0.231 e. The summed E-state index contributed by atoms with van der Waals surface area (Å²) in [6.45, 7) is 0.567. The highest BCUT2D eigenvalue weighted by Gasteiger charge is 2.04. The highest BCUT2D eigenvalue weighted by atomic mass is 16.3. The standard InChI is InChI=1S/C15H32O3.CHNO/c16-12-10-8-6-4-2-1-3-5-7-9-11-15(13-17)14-18;2-1-3/h15-18H,1-14H2;2H. The number of isocyanates is 1. The monoisotopic (exact) mass is 303 g/mol. The molecule has 0 radical (unpaired) electrons. The fourth-order valence-electron chi connectivity index (χ4n) is 2.20. The summed E-state index contributed by atoms with van der Waals surface area (Å²) in [6.07, 6.45) is 14.0. The average molecular weight is 303 g/mol. The lowest BCUT2D eigenvalue weighted by Crippen LogP contribution is -2.10. The van der Waals surface area contributed by atoms with Crippen molar-refractivity contribution in [3.8, 4) is 0 Å². The largest absolute Gasteiger partial charge is 0.396 e. The van der Waals surface area contributed by atoms with Gasteiger partial charge in [-0.3, -0.25) is 0 Å². The van der Waals surface area contributed by atoms with Gasteiger partial charge in [0.25, 0.3) is 0 Å². The van der Waals surface area contributed by atoms with E-state index in [1.807, 2.05) is 0 Å². The van der Waals surface area contributed by atoms with Crippen LogP contribution in [0.4, 0.5) is 0 Å². The average Bonchev–Trinajstić information content (AvgIpc) is 2.49. The van der Waals surface area contributed by atoms with Gasteiger partial charge in [-0.15, -0.1) is 0 Å². The molecule has 0 aliphatic carbocycles. The molecule has 0 fully saturated rings. The summed E-state index contributed by atoms with van der Waals surface area (Å²) < 4.78 is 0. The first-order chi connectivity index (χ1) is 10.3. The first-order valence-corrected chi connectivity index (χ1v) is 8.13. The topological polar surface area (TPSA) is 102 Å². The molecule has 0 bridgehead atoms. The normalized spacial score (nSPS) is 10.1. The summed E-state index contributed by atoms with van der Waals surface area (Å²) in [7, 11) is 0. The van der Waals surface area contributed by atoms with E-state index in [-0.39, 0.29) is 19.1 Å². The van der Waals surface area contributed by atoms with Crippen molar-refractivity contribution >= 4 is 6.08 Å². The quantitative estimate of drug-likeness (QED) is 0.225. The molecule has 5 nitrogen and oxygen atoms in total. The number of aliphatic hydroxyl groups excluding tert-OH is 3. The van der Waals surface area contributed by atoms with Gasteiger partial charge in [-0.05, 0) is 12.8 Å². The zero-order valence-corrected chi connectivity index (χ0v) is 13.2. The number of unbranched alkanes of at least 4 members (excludes halogenated alkanes) is 9. The number of rotatable bonds is 14. The van der Waals surface area contributed by atoms with E-state index in [9.17, 15) is 0 Å². The number of aliphatic hydroxyl groups is 3. The second kappa shape index (κ2) is 21.6. The van der Waals surface area contributed by atoms with E-state index in [1.165, 1.54) is 51.4 Å². The van der Waals surface area contributed by atoms with E-state index in [4.69, 9.17) is 25.5 Å². The summed E-state index contributed by atoms with van der Waals surface area (Å²) in [5, 5.41) is 31.9. The summed E-state index contributed by atoms with van der Waals surface area (Å²) in [6, 6.07) is 0. The molecule has 0 aliphatic heterocycles. The molecule has 0 heterocycles. The van der Waals surface area contributed by atoms with E-state index in [0.717, 1.165) is 25.3 Å².